The SMILES string of the molecule is CCC(C#N)C(=O)NCc1nc(C)no1. The number of hydrogen-bond donors (Lipinski definition) is 1. The van der Waals surface area contributed by atoms with Crippen molar-refractivity contribution in [2.75, 3.05) is 0 Å². The molecule has 15 heavy (non-hydrogen) atoms. The number of hydrogen-bond acceptors (Lipinski definition) is 5. The number of nitrogens with zero attached hydrogens (tertiary/aromatic N) is 3. The summed E-state index contributed by atoms with van der Waals surface area (Å²) in [4.78, 5) is 15.3. The maximum atomic E-state index is 11.4. The van der Waals surface area contributed by atoms with Crippen LogP contribution in [0.2, 0.25) is 0 Å². The molecule has 0 bridgehead atoms. The van der Waals surface area contributed by atoms with Crippen LogP contribution in [0.1, 0.15) is 25.1 Å². The Morgan fingerprint density at radius 3 is 2.93 bits per heavy atom. The molecule has 0 saturated heterocycles. The third-order valence-electron chi connectivity index (χ3n) is 1.86. The van der Waals surface area contributed by atoms with Crippen LogP contribution in [0.15, 0.2) is 4.52 Å². The number of amides is 1. The van der Waals surface area contributed by atoms with Gasteiger partial charge in [-0.1, -0.05) is 12.1 Å². The van der Waals surface area contributed by atoms with Crippen LogP contribution >= 0.6 is 0 Å². The Hall–Kier alpha value is -1.90. The van der Waals surface area contributed by atoms with Crippen molar-refractivity contribution in [3.05, 3.63) is 11.7 Å². The molecule has 1 N–H and O–H groups in total. The van der Waals surface area contributed by atoms with Crippen LogP contribution in [0, 0.1) is 24.2 Å². The second kappa shape index (κ2) is 5.10. The van der Waals surface area contributed by atoms with E-state index in [2.05, 4.69) is 15.5 Å². The van der Waals surface area contributed by atoms with E-state index in [-0.39, 0.29) is 12.5 Å². The van der Waals surface area contributed by atoms with Gasteiger partial charge in [0, 0.05) is 0 Å². The Bertz CT molecular complexity index is 380. The van der Waals surface area contributed by atoms with E-state index < -0.39 is 5.92 Å². The number of nitrogens with one attached hydrogen (secondary N) is 1. The summed E-state index contributed by atoms with van der Waals surface area (Å²) in [6, 6.07) is 1.91. The van der Waals surface area contributed by atoms with Crippen LogP contribution in [0.4, 0.5) is 0 Å². The first-order valence-electron chi connectivity index (χ1n) is 4.64. The highest BCUT2D eigenvalue weighted by molar-refractivity contribution is 5.80. The monoisotopic (exact) mass is 208 g/mol. The number of carbonyl (C=O) groups excluding carboxylic acids is 1. The van der Waals surface area contributed by atoms with Gasteiger partial charge in [-0.05, 0) is 13.3 Å². The average Bonchev–Trinajstić information content (AvgIpc) is 2.63. The van der Waals surface area contributed by atoms with Crippen molar-refractivity contribution in [1.29, 1.82) is 5.26 Å². The van der Waals surface area contributed by atoms with E-state index >= 15 is 0 Å². The third kappa shape index (κ3) is 3.06. The lowest BCUT2D eigenvalue weighted by atomic mass is 10.1. The summed E-state index contributed by atoms with van der Waals surface area (Å²) in [7, 11) is 0. The summed E-state index contributed by atoms with van der Waals surface area (Å²) >= 11 is 0. The second-order valence-corrected chi connectivity index (χ2v) is 3.04. The Kier molecular flexibility index (Phi) is 3.80. The molecule has 6 heteroatoms. The van der Waals surface area contributed by atoms with Crippen LogP contribution in [-0.4, -0.2) is 16.0 Å². The van der Waals surface area contributed by atoms with Crippen molar-refractivity contribution in [2.45, 2.75) is 26.8 Å². The smallest absolute Gasteiger partial charge is 0.246 e. The van der Waals surface area contributed by atoms with Crippen LogP contribution in [0.25, 0.3) is 0 Å². The number of rotatable bonds is 4. The minimum atomic E-state index is -0.617. The molecule has 1 amide bonds. The van der Waals surface area contributed by atoms with Crippen LogP contribution in [0.3, 0.4) is 0 Å². The van der Waals surface area contributed by atoms with Crippen LogP contribution < -0.4 is 5.32 Å². The molecule has 0 aliphatic rings. The lowest BCUT2D eigenvalue weighted by Gasteiger charge is -2.05. The van der Waals surface area contributed by atoms with Crippen molar-refractivity contribution in [1.82, 2.24) is 15.5 Å². The largest absolute Gasteiger partial charge is 0.346 e. The summed E-state index contributed by atoms with van der Waals surface area (Å²) in [5.74, 6) is -0.0647. The molecule has 0 saturated carbocycles. The predicted molar refractivity (Wildman–Crippen MR) is 50.3 cm³/mol. The first-order chi connectivity index (χ1) is 7.17. The van der Waals surface area contributed by atoms with Gasteiger partial charge in [-0.3, -0.25) is 4.79 Å². The predicted octanol–water partition coefficient (Wildman–Crippen LogP) is 0.544. The third-order valence-corrected chi connectivity index (χ3v) is 1.86. The van der Waals surface area contributed by atoms with Gasteiger partial charge < -0.3 is 9.84 Å². The molecular weight excluding hydrogens is 196 g/mol. The fourth-order valence-electron chi connectivity index (χ4n) is 1.03. The van der Waals surface area contributed by atoms with Gasteiger partial charge in [0.2, 0.25) is 11.8 Å². The lowest BCUT2D eigenvalue weighted by molar-refractivity contribution is -0.123. The summed E-state index contributed by atoms with van der Waals surface area (Å²) in [5, 5.41) is 14.8. The van der Waals surface area contributed by atoms with E-state index in [9.17, 15) is 4.79 Å². The molecule has 1 unspecified atom stereocenters. The minimum Gasteiger partial charge on any atom is -0.346 e. The van der Waals surface area contributed by atoms with Gasteiger partial charge in [0.1, 0.15) is 5.92 Å². The van der Waals surface area contributed by atoms with E-state index in [0.717, 1.165) is 0 Å². The van der Waals surface area contributed by atoms with E-state index in [1.807, 2.05) is 6.07 Å². The van der Waals surface area contributed by atoms with Crippen LogP contribution in [-0.2, 0) is 11.3 Å². The maximum absolute atomic E-state index is 11.4. The van der Waals surface area contributed by atoms with Crippen molar-refractivity contribution >= 4 is 5.91 Å². The molecule has 80 valence electrons. The number of aromatic nitrogens is 2. The maximum Gasteiger partial charge on any atom is 0.246 e. The molecule has 1 aromatic rings. The van der Waals surface area contributed by atoms with Gasteiger partial charge >= 0.3 is 0 Å². The van der Waals surface area contributed by atoms with Crippen LogP contribution in [0.5, 0.6) is 0 Å². The molecule has 1 rings (SSSR count). The summed E-state index contributed by atoms with van der Waals surface area (Å²) in [6.45, 7) is 3.64. The average molecular weight is 208 g/mol. The zero-order chi connectivity index (χ0) is 11.3. The van der Waals surface area contributed by atoms with Gasteiger partial charge in [-0.15, -0.1) is 0 Å². The normalized spacial score (nSPS) is 11.8. The summed E-state index contributed by atoms with van der Waals surface area (Å²) < 4.78 is 4.80. The molecule has 1 aromatic heterocycles. The van der Waals surface area contributed by atoms with Gasteiger partial charge in [-0.25, -0.2) is 0 Å². The first-order valence-corrected chi connectivity index (χ1v) is 4.64. The lowest BCUT2D eigenvalue weighted by Crippen LogP contribution is -2.29. The molecule has 1 atom stereocenters. The highest BCUT2D eigenvalue weighted by Gasteiger charge is 2.15. The Labute approximate surface area is 87.3 Å². The number of nitriles is 1. The molecule has 6 nitrogen and oxygen atoms in total. The zero-order valence-corrected chi connectivity index (χ0v) is 8.65. The van der Waals surface area contributed by atoms with Gasteiger partial charge in [0.15, 0.2) is 5.82 Å². The van der Waals surface area contributed by atoms with Gasteiger partial charge in [0.25, 0.3) is 0 Å². The van der Waals surface area contributed by atoms with E-state index in [4.69, 9.17) is 9.78 Å². The molecule has 0 aliphatic heterocycles. The van der Waals surface area contributed by atoms with Crippen molar-refractivity contribution < 1.29 is 9.32 Å². The van der Waals surface area contributed by atoms with Crippen molar-refractivity contribution in [2.24, 2.45) is 5.92 Å². The quantitative estimate of drug-likeness (QED) is 0.779. The topological polar surface area (TPSA) is 91.8 Å². The molecule has 0 radical (unpaired) electrons. The molecule has 0 fully saturated rings. The Balaban J connectivity index is 2.44. The van der Waals surface area contributed by atoms with Crippen molar-refractivity contribution in [3.63, 3.8) is 0 Å². The highest BCUT2D eigenvalue weighted by atomic mass is 16.5. The zero-order valence-electron chi connectivity index (χ0n) is 8.65. The van der Waals surface area contributed by atoms with E-state index in [1.165, 1.54) is 0 Å². The molecule has 0 aliphatic carbocycles. The highest BCUT2D eigenvalue weighted by Crippen LogP contribution is 2.01. The molecule has 1 heterocycles. The second-order valence-electron chi connectivity index (χ2n) is 3.04. The standard InChI is InChI=1S/C9H12N4O2/c1-3-7(4-10)9(14)11-5-8-12-6(2)13-15-8/h7H,3,5H2,1-2H3,(H,11,14). The fraction of sp³-hybridized carbons (Fsp3) is 0.556. The molecule has 0 aromatic carbocycles. The van der Waals surface area contributed by atoms with E-state index in [0.29, 0.717) is 18.1 Å². The number of carbonyl (C=O) groups is 1. The van der Waals surface area contributed by atoms with Crippen molar-refractivity contribution in [3.8, 4) is 6.07 Å². The minimum absolute atomic E-state index is 0.165. The molecule has 0 spiro atoms. The fourth-order valence-corrected chi connectivity index (χ4v) is 1.03. The number of aryl methyl sites for hydroxylation is 1. The van der Waals surface area contributed by atoms with E-state index in [1.54, 1.807) is 13.8 Å². The van der Waals surface area contributed by atoms with Gasteiger partial charge in [0.05, 0.1) is 12.6 Å². The molecular formula is C9H12N4O2. The Morgan fingerprint density at radius 1 is 1.73 bits per heavy atom. The summed E-state index contributed by atoms with van der Waals surface area (Å²) in [5.41, 5.74) is 0. The summed E-state index contributed by atoms with van der Waals surface area (Å²) in [6.07, 6.45) is 0.491. The Morgan fingerprint density at radius 2 is 2.47 bits per heavy atom. The van der Waals surface area contributed by atoms with Gasteiger partial charge in [-0.2, -0.15) is 10.2 Å². The first kappa shape index (κ1) is 11.2.